The molecule has 3 heterocycles. The summed E-state index contributed by atoms with van der Waals surface area (Å²) in [4.78, 5) is 6.57. The van der Waals surface area contributed by atoms with Crippen LogP contribution in [0.1, 0.15) is 17.3 Å². The maximum absolute atomic E-state index is 4.74. The summed E-state index contributed by atoms with van der Waals surface area (Å²) in [6.07, 6.45) is 3.81. The van der Waals surface area contributed by atoms with Crippen LogP contribution in [0, 0.1) is 0 Å². The fraction of sp³-hybridized carbons (Fsp3) is 0.250. The highest BCUT2D eigenvalue weighted by molar-refractivity contribution is 6.05. The molecule has 0 amide bonds. The largest absolute Gasteiger partial charge is 0.361 e. The standard InChI is InChI=1S/C16H17N5/c1-20-9-10-21-15(12-5-4-8-17-11-12)18-14-7-3-2-6-13(14)16(21)19-20/h2-8,11,15,18H,9-10H2,1H3. The summed E-state index contributed by atoms with van der Waals surface area (Å²) in [7, 11) is 2.02. The summed E-state index contributed by atoms with van der Waals surface area (Å²) in [6.45, 7) is 1.86. The average Bonchev–Trinajstić information content (AvgIpc) is 2.55. The number of likely N-dealkylation sites (N-methyl/N-ethyl adjacent to an activating group) is 1. The lowest BCUT2D eigenvalue weighted by Crippen LogP contribution is -2.49. The van der Waals surface area contributed by atoms with E-state index in [1.54, 1.807) is 6.20 Å². The SMILES string of the molecule is CN1CCN2C(=N1)c1ccccc1NC2c1cccnc1. The van der Waals surface area contributed by atoms with Gasteiger partial charge in [0, 0.05) is 42.8 Å². The quantitative estimate of drug-likeness (QED) is 0.868. The van der Waals surface area contributed by atoms with Crippen molar-refractivity contribution in [1.82, 2.24) is 14.9 Å². The molecule has 0 saturated carbocycles. The van der Waals surface area contributed by atoms with Gasteiger partial charge >= 0.3 is 0 Å². The van der Waals surface area contributed by atoms with Gasteiger partial charge in [-0.25, -0.2) is 0 Å². The number of para-hydroxylation sites is 1. The zero-order chi connectivity index (χ0) is 14.2. The smallest absolute Gasteiger partial charge is 0.160 e. The molecule has 2 aromatic rings. The molecule has 0 bridgehead atoms. The molecule has 106 valence electrons. The van der Waals surface area contributed by atoms with Crippen LogP contribution in [-0.2, 0) is 0 Å². The second kappa shape index (κ2) is 4.77. The maximum atomic E-state index is 4.74. The average molecular weight is 279 g/mol. The van der Waals surface area contributed by atoms with Gasteiger partial charge in [-0.15, -0.1) is 0 Å². The molecule has 1 unspecified atom stereocenters. The Labute approximate surface area is 123 Å². The first-order chi connectivity index (χ1) is 10.3. The normalized spacial score (nSPS) is 20.2. The molecule has 2 aliphatic rings. The van der Waals surface area contributed by atoms with Crippen LogP contribution in [0.15, 0.2) is 53.9 Å². The van der Waals surface area contributed by atoms with Gasteiger partial charge in [-0.2, -0.15) is 5.10 Å². The highest BCUT2D eigenvalue weighted by atomic mass is 15.5. The summed E-state index contributed by atoms with van der Waals surface area (Å²) in [5.74, 6) is 1.03. The Hall–Kier alpha value is -2.56. The number of aromatic nitrogens is 1. The molecule has 1 aromatic carbocycles. The lowest BCUT2D eigenvalue weighted by atomic mass is 10.0. The molecular formula is C16H17N5. The van der Waals surface area contributed by atoms with E-state index in [0.29, 0.717) is 0 Å². The van der Waals surface area contributed by atoms with Crippen molar-refractivity contribution in [3.05, 3.63) is 59.9 Å². The van der Waals surface area contributed by atoms with E-state index in [1.807, 2.05) is 24.3 Å². The summed E-state index contributed by atoms with van der Waals surface area (Å²) in [6, 6.07) is 12.4. The van der Waals surface area contributed by atoms with Gasteiger partial charge in [0.25, 0.3) is 0 Å². The second-order valence-corrected chi connectivity index (χ2v) is 5.38. The number of rotatable bonds is 1. The van der Waals surface area contributed by atoms with Crippen LogP contribution in [0.3, 0.4) is 0 Å². The Morgan fingerprint density at radius 1 is 1.14 bits per heavy atom. The molecule has 5 heteroatoms. The number of nitrogens with one attached hydrogen (secondary N) is 1. The van der Waals surface area contributed by atoms with Crippen LogP contribution in [0.2, 0.25) is 0 Å². The number of pyridine rings is 1. The number of nitrogens with zero attached hydrogens (tertiary/aromatic N) is 4. The first-order valence-corrected chi connectivity index (χ1v) is 7.15. The Morgan fingerprint density at radius 2 is 2.05 bits per heavy atom. The van der Waals surface area contributed by atoms with Crippen molar-refractivity contribution in [2.75, 3.05) is 25.5 Å². The summed E-state index contributed by atoms with van der Waals surface area (Å²) in [5, 5.41) is 10.4. The first kappa shape index (κ1) is 12.2. The summed E-state index contributed by atoms with van der Waals surface area (Å²) in [5.41, 5.74) is 3.44. The predicted molar refractivity (Wildman–Crippen MR) is 82.9 cm³/mol. The van der Waals surface area contributed by atoms with E-state index < -0.39 is 0 Å². The molecule has 2 aliphatic heterocycles. The Balaban J connectivity index is 1.84. The van der Waals surface area contributed by atoms with Crippen molar-refractivity contribution in [2.45, 2.75) is 6.17 Å². The molecule has 0 saturated heterocycles. The topological polar surface area (TPSA) is 43.8 Å². The highest BCUT2D eigenvalue weighted by Gasteiger charge is 2.33. The van der Waals surface area contributed by atoms with E-state index >= 15 is 0 Å². The molecule has 0 spiro atoms. The van der Waals surface area contributed by atoms with Crippen LogP contribution in [0.5, 0.6) is 0 Å². The first-order valence-electron chi connectivity index (χ1n) is 7.15. The third-order valence-corrected chi connectivity index (χ3v) is 3.97. The monoisotopic (exact) mass is 279 g/mol. The molecule has 1 N–H and O–H groups in total. The minimum absolute atomic E-state index is 0.0843. The Kier molecular flexibility index (Phi) is 2.77. The van der Waals surface area contributed by atoms with Crippen molar-refractivity contribution in [3.8, 4) is 0 Å². The van der Waals surface area contributed by atoms with Crippen molar-refractivity contribution in [2.24, 2.45) is 5.10 Å². The van der Waals surface area contributed by atoms with E-state index in [-0.39, 0.29) is 6.17 Å². The molecule has 0 aliphatic carbocycles. The van der Waals surface area contributed by atoms with Gasteiger partial charge in [-0.1, -0.05) is 18.2 Å². The van der Waals surface area contributed by atoms with E-state index in [4.69, 9.17) is 5.10 Å². The molecule has 21 heavy (non-hydrogen) atoms. The zero-order valence-electron chi connectivity index (χ0n) is 11.9. The van der Waals surface area contributed by atoms with Crippen molar-refractivity contribution in [3.63, 3.8) is 0 Å². The van der Waals surface area contributed by atoms with E-state index in [1.165, 1.54) is 0 Å². The van der Waals surface area contributed by atoms with E-state index in [2.05, 4.69) is 45.5 Å². The van der Waals surface area contributed by atoms with Crippen LogP contribution in [-0.4, -0.2) is 40.9 Å². The van der Waals surface area contributed by atoms with Crippen molar-refractivity contribution < 1.29 is 0 Å². The van der Waals surface area contributed by atoms with Gasteiger partial charge in [-0.05, 0) is 18.2 Å². The number of fused-ring (bicyclic) bond motifs is 3. The summed E-state index contributed by atoms with van der Waals surface area (Å²) >= 11 is 0. The van der Waals surface area contributed by atoms with Gasteiger partial charge in [0.05, 0.1) is 6.54 Å². The molecule has 5 nitrogen and oxygen atoms in total. The lowest BCUT2D eigenvalue weighted by Gasteiger charge is -2.43. The molecular weight excluding hydrogens is 262 g/mol. The maximum Gasteiger partial charge on any atom is 0.160 e. The van der Waals surface area contributed by atoms with Gasteiger partial charge in [0.15, 0.2) is 5.84 Å². The third-order valence-electron chi connectivity index (χ3n) is 3.97. The van der Waals surface area contributed by atoms with Crippen LogP contribution >= 0.6 is 0 Å². The van der Waals surface area contributed by atoms with Crippen molar-refractivity contribution >= 4 is 11.5 Å². The molecule has 1 atom stereocenters. The Morgan fingerprint density at radius 3 is 2.90 bits per heavy atom. The van der Waals surface area contributed by atoms with E-state index in [9.17, 15) is 0 Å². The summed E-state index contributed by atoms with van der Waals surface area (Å²) < 4.78 is 0. The minimum atomic E-state index is 0.0843. The van der Waals surface area contributed by atoms with E-state index in [0.717, 1.165) is 35.7 Å². The number of amidine groups is 1. The Bertz CT molecular complexity index is 682. The van der Waals surface area contributed by atoms with Gasteiger partial charge < -0.3 is 10.2 Å². The molecule has 0 radical (unpaired) electrons. The molecule has 0 fully saturated rings. The highest BCUT2D eigenvalue weighted by Crippen LogP contribution is 2.34. The molecule has 1 aromatic heterocycles. The number of hydrazone groups is 1. The van der Waals surface area contributed by atoms with Gasteiger partial charge in [0.2, 0.25) is 0 Å². The predicted octanol–water partition coefficient (Wildman–Crippen LogP) is 2.11. The van der Waals surface area contributed by atoms with Crippen molar-refractivity contribution in [1.29, 1.82) is 0 Å². The minimum Gasteiger partial charge on any atom is -0.361 e. The number of hydrogen-bond donors (Lipinski definition) is 1. The van der Waals surface area contributed by atoms with Gasteiger partial charge in [0.1, 0.15) is 6.17 Å². The second-order valence-electron chi connectivity index (χ2n) is 5.38. The lowest BCUT2D eigenvalue weighted by molar-refractivity contribution is 0.230. The third kappa shape index (κ3) is 2.01. The molecule has 4 rings (SSSR count). The van der Waals surface area contributed by atoms with Crippen LogP contribution < -0.4 is 5.32 Å². The zero-order valence-corrected chi connectivity index (χ0v) is 11.9. The number of anilines is 1. The number of hydrogen-bond acceptors (Lipinski definition) is 5. The number of benzene rings is 1. The van der Waals surface area contributed by atoms with Crippen LogP contribution in [0.25, 0.3) is 0 Å². The fourth-order valence-electron chi connectivity index (χ4n) is 2.92. The van der Waals surface area contributed by atoms with Gasteiger partial charge in [-0.3, -0.25) is 9.99 Å². The van der Waals surface area contributed by atoms with Crippen LogP contribution in [0.4, 0.5) is 5.69 Å². The fourth-order valence-corrected chi connectivity index (χ4v) is 2.92.